The quantitative estimate of drug-likeness (QED) is 0.849. The summed E-state index contributed by atoms with van der Waals surface area (Å²) in [5.74, 6) is 0.774. The minimum absolute atomic E-state index is 0.403. The number of benzene rings is 1. The molecule has 2 rings (SSSR count). The molecule has 4 nitrogen and oxygen atoms in total. The molecule has 0 spiro atoms. The smallest absolute Gasteiger partial charge is 0.265 e. The first-order valence-electron chi connectivity index (χ1n) is 5.62. The summed E-state index contributed by atoms with van der Waals surface area (Å²) in [6, 6.07) is 7.40. The molecule has 2 aromatic rings. The molecule has 1 aromatic heterocycles. The summed E-state index contributed by atoms with van der Waals surface area (Å²) in [5, 5.41) is 0.891. The summed E-state index contributed by atoms with van der Waals surface area (Å²) in [7, 11) is 0. The molecule has 0 aliphatic carbocycles. The van der Waals surface area contributed by atoms with Gasteiger partial charge in [-0.3, -0.25) is 4.79 Å². The van der Waals surface area contributed by atoms with E-state index < -0.39 is 5.91 Å². The average molecular weight is 232 g/mol. The Morgan fingerprint density at radius 2 is 2.24 bits per heavy atom. The monoisotopic (exact) mass is 232 g/mol. The Kier molecular flexibility index (Phi) is 3.04. The van der Waals surface area contributed by atoms with E-state index in [0.717, 1.165) is 16.7 Å². The first-order valence-corrected chi connectivity index (χ1v) is 5.62. The van der Waals surface area contributed by atoms with E-state index in [9.17, 15) is 4.79 Å². The normalized spacial score (nSPS) is 11.0. The molecule has 4 heteroatoms. The average Bonchev–Trinajstić information content (AvgIpc) is 2.70. The van der Waals surface area contributed by atoms with Crippen LogP contribution >= 0.6 is 0 Å². The molecular weight excluding hydrogens is 216 g/mol. The van der Waals surface area contributed by atoms with Crippen molar-refractivity contribution in [3.05, 3.63) is 30.0 Å². The van der Waals surface area contributed by atoms with Crippen molar-refractivity contribution in [3.63, 3.8) is 0 Å². The molecule has 3 N–H and O–H groups in total. The van der Waals surface area contributed by atoms with Gasteiger partial charge in [-0.25, -0.2) is 0 Å². The summed E-state index contributed by atoms with van der Waals surface area (Å²) in [5.41, 5.74) is 6.50. The Morgan fingerprint density at radius 3 is 2.88 bits per heavy atom. The Bertz CT molecular complexity index is 543. The van der Waals surface area contributed by atoms with Crippen LogP contribution in [-0.2, 0) is 0 Å². The third-order valence-electron chi connectivity index (χ3n) is 2.46. The van der Waals surface area contributed by atoms with Crippen LogP contribution in [0.5, 0.6) is 5.75 Å². The summed E-state index contributed by atoms with van der Waals surface area (Å²) < 4.78 is 5.70. The van der Waals surface area contributed by atoms with Crippen LogP contribution in [0.25, 0.3) is 10.9 Å². The fourth-order valence-electron chi connectivity index (χ4n) is 1.64. The lowest BCUT2D eigenvalue weighted by Crippen LogP contribution is -2.10. The van der Waals surface area contributed by atoms with E-state index in [1.807, 2.05) is 18.2 Å². The first-order chi connectivity index (χ1) is 8.08. The van der Waals surface area contributed by atoms with Gasteiger partial charge in [-0.1, -0.05) is 19.9 Å². The molecule has 0 aliphatic heterocycles. The van der Waals surface area contributed by atoms with E-state index in [-0.39, 0.29) is 0 Å². The molecule has 90 valence electrons. The Balaban J connectivity index is 2.38. The van der Waals surface area contributed by atoms with Gasteiger partial charge in [-0.05, 0) is 24.1 Å². The summed E-state index contributed by atoms with van der Waals surface area (Å²) in [4.78, 5) is 14.1. The van der Waals surface area contributed by atoms with Crippen LogP contribution in [0.3, 0.4) is 0 Å². The first kappa shape index (κ1) is 11.5. The third-order valence-corrected chi connectivity index (χ3v) is 2.46. The van der Waals surface area contributed by atoms with Crippen molar-refractivity contribution in [1.82, 2.24) is 4.98 Å². The van der Waals surface area contributed by atoms with Crippen LogP contribution in [0.1, 0.15) is 24.3 Å². The van der Waals surface area contributed by atoms with Crippen LogP contribution in [0.2, 0.25) is 0 Å². The zero-order valence-electron chi connectivity index (χ0n) is 9.99. The van der Waals surface area contributed by atoms with Crippen molar-refractivity contribution >= 4 is 16.8 Å². The van der Waals surface area contributed by atoms with Gasteiger partial charge in [-0.15, -0.1) is 0 Å². The minimum atomic E-state index is -0.462. The van der Waals surface area contributed by atoms with Crippen molar-refractivity contribution < 1.29 is 9.53 Å². The van der Waals surface area contributed by atoms with Gasteiger partial charge in [0, 0.05) is 10.9 Å². The largest absolute Gasteiger partial charge is 0.493 e. The Morgan fingerprint density at radius 1 is 1.47 bits per heavy atom. The summed E-state index contributed by atoms with van der Waals surface area (Å²) in [6.45, 7) is 4.83. The zero-order chi connectivity index (χ0) is 12.4. The molecule has 1 heterocycles. The lowest BCUT2D eigenvalue weighted by molar-refractivity contribution is 0.0996. The van der Waals surface area contributed by atoms with E-state index in [0.29, 0.717) is 18.2 Å². The Labute approximate surface area is 99.8 Å². The van der Waals surface area contributed by atoms with Crippen LogP contribution in [0.4, 0.5) is 0 Å². The molecule has 17 heavy (non-hydrogen) atoms. The van der Waals surface area contributed by atoms with Crippen LogP contribution in [0.15, 0.2) is 24.3 Å². The molecule has 1 aromatic carbocycles. The van der Waals surface area contributed by atoms with Crippen LogP contribution in [0, 0.1) is 5.92 Å². The molecule has 0 atom stereocenters. The van der Waals surface area contributed by atoms with Gasteiger partial charge < -0.3 is 15.5 Å². The maximum atomic E-state index is 11.1. The number of amides is 1. The van der Waals surface area contributed by atoms with Crippen molar-refractivity contribution in [1.29, 1.82) is 0 Å². The van der Waals surface area contributed by atoms with E-state index in [4.69, 9.17) is 10.5 Å². The molecule has 0 radical (unpaired) electrons. The second-order valence-electron chi connectivity index (χ2n) is 4.47. The number of hydrogen-bond acceptors (Lipinski definition) is 2. The number of nitrogens with two attached hydrogens (primary N) is 1. The second kappa shape index (κ2) is 4.49. The van der Waals surface area contributed by atoms with E-state index >= 15 is 0 Å². The maximum absolute atomic E-state index is 11.1. The molecule has 1 amide bonds. The number of H-pyrrole nitrogens is 1. The lowest BCUT2D eigenvalue weighted by atomic mass is 10.2. The van der Waals surface area contributed by atoms with Crippen molar-refractivity contribution in [2.45, 2.75) is 13.8 Å². The fraction of sp³-hybridized carbons (Fsp3) is 0.308. The minimum Gasteiger partial charge on any atom is -0.493 e. The number of ether oxygens (including phenoxy) is 1. The van der Waals surface area contributed by atoms with Crippen LogP contribution in [-0.4, -0.2) is 17.5 Å². The van der Waals surface area contributed by atoms with E-state index in [1.54, 1.807) is 6.07 Å². The van der Waals surface area contributed by atoms with E-state index in [1.165, 1.54) is 0 Å². The predicted octanol–water partition coefficient (Wildman–Crippen LogP) is 2.30. The summed E-state index contributed by atoms with van der Waals surface area (Å²) in [6.07, 6.45) is 0. The zero-order valence-corrected chi connectivity index (χ0v) is 9.99. The molecule has 0 bridgehead atoms. The number of carbonyl (C=O) groups is 1. The molecule has 0 saturated carbocycles. The highest BCUT2D eigenvalue weighted by Gasteiger charge is 2.09. The van der Waals surface area contributed by atoms with Gasteiger partial charge in [0.2, 0.25) is 0 Å². The van der Waals surface area contributed by atoms with Crippen molar-refractivity contribution in [2.75, 3.05) is 6.61 Å². The SMILES string of the molecule is CC(C)COc1cccc2[nH]c(C(N)=O)cc12. The van der Waals surface area contributed by atoms with Gasteiger partial charge in [0.05, 0.1) is 6.61 Å². The fourth-order valence-corrected chi connectivity index (χ4v) is 1.64. The van der Waals surface area contributed by atoms with Gasteiger partial charge in [0.25, 0.3) is 5.91 Å². The van der Waals surface area contributed by atoms with Gasteiger partial charge in [0.1, 0.15) is 11.4 Å². The van der Waals surface area contributed by atoms with Gasteiger partial charge in [0.15, 0.2) is 0 Å². The standard InChI is InChI=1S/C13H16N2O2/c1-8(2)7-17-12-5-3-4-10-9(12)6-11(15-10)13(14)16/h3-6,8,15H,7H2,1-2H3,(H2,14,16). The number of nitrogens with one attached hydrogen (secondary N) is 1. The number of aromatic amines is 1. The van der Waals surface area contributed by atoms with Crippen LogP contribution < -0.4 is 10.5 Å². The van der Waals surface area contributed by atoms with Gasteiger partial charge in [-0.2, -0.15) is 0 Å². The highest BCUT2D eigenvalue weighted by molar-refractivity contribution is 5.98. The molecule has 0 saturated heterocycles. The van der Waals surface area contributed by atoms with E-state index in [2.05, 4.69) is 18.8 Å². The highest BCUT2D eigenvalue weighted by Crippen LogP contribution is 2.26. The Hall–Kier alpha value is -1.97. The topological polar surface area (TPSA) is 68.1 Å². The molecule has 0 unspecified atom stereocenters. The van der Waals surface area contributed by atoms with Crippen molar-refractivity contribution in [3.8, 4) is 5.75 Å². The predicted molar refractivity (Wildman–Crippen MR) is 67.1 cm³/mol. The molecule has 0 fully saturated rings. The second-order valence-corrected chi connectivity index (χ2v) is 4.47. The number of carbonyl (C=O) groups excluding carboxylic acids is 1. The molecule has 0 aliphatic rings. The number of hydrogen-bond donors (Lipinski definition) is 2. The van der Waals surface area contributed by atoms with Gasteiger partial charge >= 0.3 is 0 Å². The summed E-state index contributed by atoms with van der Waals surface area (Å²) >= 11 is 0. The third kappa shape index (κ3) is 2.41. The lowest BCUT2D eigenvalue weighted by Gasteiger charge is -2.09. The number of primary amides is 1. The van der Waals surface area contributed by atoms with Crippen molar-refractivity contribution in [2.24, 2.45) is 11.7 Å². The molecular formula is C13H16N2O2. The maximum Gasteiger partial charge on any atom is 0.265 e. The number of aromatic nitrogens is 1. The highest BCUT2D eigenvalue weighted by atomic mass is 16.5. The number of fused-ring (bicyclic) bond motifs is 1. The number of rotatable bonds is 4.